The van der Waals surface area contributed by atoms with Gasteiger partial charge in [0, 0.05) is 18.0 Å². The summed E-state index contributed by atoms with van der Waals surface area (Å²) in [6.07, 6.45) is 14.3. The van der Waals surface area contributed by atoms with Gasteiger partial charge in [0.25, 0.3) is 0 Å². The van der Waals surface area contributed by atoms with Gasteiger partial charge in [0.2, 0.25) is 0 Å². The summed E-state index contributed by atoms with van der Waals surface area (Å²) in [6.45, 7) is 2.17. The average molecular weight is 345 g/mol. The van der Waals surface area contributed by atoms with Crippen LogP contribution in [0.2, 0.25) is 5.02 Å². The first-order chi connectivity index (χ1) is 11.7. The molecule has 1 aliphatic carbocycles. The fourth-order valence-electron chi connectivity index (χ4n) is 3.31. The first kappa shape index (κ1) is 17.1. The van der Waals surface area contributed by atoms with Gasteiger partial charge in [-0.25, -0.2) is 14.4 Å². The average Bonchev–Trinajstić information content (AvgIpc) is 2.63. The van der Waals surface area contributed by atoms with Crippen LogP contribution in [0.4, 0.5) is 4.39 Å². The number of benzene rings is 1. The third-order valence-electron chi connectivity index (χ3n) is 4.74. The van der Waals surface area contributed by atoms with E-state index in [-0.39, 0.29) is 5.02 Å². The van der Waals surface area contributed by atoms with Crippen molar-refractivity contribution in [1.29, 1.82) is 0 Å². The standard InChI is InChI=1S/C20H22ClFN2/c1-2-3-4-14-5-7-15(8-6-14)17-12-23-20(24-13-17)16-9-10-18(21)19(22)11-16/h3-4,9-15H,2,5-8H2,1H3. The normalized spacial score (nSPS) is 21.3. The first-order valence-electron chi connectivity index (χ1n) is 8.61. The monoisotopic (exact) mass is 344 g/mol. The molecule has 1 aromatic carbocycles. The molecule has 2 nitrogen and oxygen atoms in total. The minimum atomic E-state index is -0.444. The summed E-state index contributed by atoms with van der Waals surface area (Å²) in [7, 11) is 0. The number of allylic oxidation sites excluding steroid dienone is 2. The molecule has 0 aliphatic heterocycles. The predicted octanol–water partition coefficient (Wildman–Crippen LogP) is 6.18. The van der Waals surface area contributed by atoms with Gasteiger partial charge in [-0.1, -0.05) is 30.7 Å². The highest BCUT2D eigenvalue weighted by molar-refractivity contribution is 6.30. The molecule has 126 valence electrons. The van der Waals surface area contributed by atoms with E-state index < -0.39 is 5.82 Å². The SMILES string of the molecule is CCC=CC1CCC(c2cnc(-c3ccc(Cl)c(F)c3)nc2)CC1. The van der Waals surface area contributed by atoms with Crippen molar-refractivity contribution in [2.75, 3.05) is 0 Å². The minimum absolute atomic E-state index is 0.115. The Bertz CT molecular complexity index is 704. The van der Waals surface area contributed by atoms with Crippen LogP contribution in [0.1, 0.15) is 50.5 Å². The third-order valence-corrected chi connectivity index (χ3v) is 5.04. The number of aromatic nitrogens is 2. The van der Waals surface area contributed by atoms with E-state index in [1.54, 1.807) is 6.07 Å². The van der Waals surface area contributed by atoms with Gasteiger partial charge < -0.3 is 0 Å². The van der Waals surface area contributed by atoms with Crippen molar-refractivity contribution in [2.24, 2.45) is 5.92 Å². The van der Waals surface area contributed by atoms with Crippen LogP contribution in [-0.4, -0.2) is 9.97 Å². The fourth-order valence-corrected chi connectivity index (χ4v) is 3.42. The van der Waals surface area contributed by atoms with E-state index in [0.717, 1.165) is 12.3 Å². The molecule has 0 unspecified atom stereocenters. The van der Waals surface area contributed by atoms with Crippen LogP contribution < -0.4 is 0 Å². The maximum absolute atomic E-state index is 13.6. The van der Waals surface area contributed by atoms with Gasteiger partial charge in [-0.3, -0.25) is 0 Å². The van der Waals surface area contributed by atoms with Crippen LogP contribution in [0, 0.1) is 11.7 Å². The zero-order valence-corrected chi connectivity index (χ0v) is 14.6. The zero-order chi connectivity index (χ0) is 16.9. The molecule has 1 fully saturated rings. The number of rotatable bonds is 4. The lowest BCUT2D eigenvalue weighted by atomic mass is 9.79. The number of hydrogen-bond acceptors (Lipinski definition) is 2. The smallest absolute Gasteiger partial charge is 0.159 e. The van der Waals surface area contributed by atoms with Gasteiger partial charge in [0.1, 0.15) is 5.82 Å². The predicted molar refractivity (Wildman–Crippen MR) is 96.6 cm³/mol. The third kappa shape index (κ3) is 4.02. The molecule has 1 heterocycles. The van der Waals surface area contributed by atoms with E-state index in [1.165, 1.54) is 43.4 Å². The van der Waals surface area contributed by atoms with E-state index in [2.05, 4.69) is 29.0 Å². The van der Waals surface area contributed by atoms with E-state index in [9.17, 15) is 4.39 Å². The molecule has 0 bridgehead atoms. The van der Waals surface area contributed by atoms with Gasteiger partial charge in [-0.05, 0) is 67.7 Å². The molecular weight excluding hydrogens is 323 g/mol. The second-order valence-corrected chi connectivity index (χ2v) is 6.82. The topological polar surface area (TPSA) is 25.8 Å². The summed E-state index contributed by atoms with van der Waals surface area (Å²) >= 11 is 5.72. The molecule has 24 heavy (non-hydrogen) atoms. The van der Waals surface area contributed by atoms with E-state index in [1.807, 2.05) is 12.4 Å². The minimum Gasteiger partial charge on any atom is -0.236 e. The largest absolute Gasteiger partial charge is 0.236 e. The van der Waals surface area contributed by atoms with Crippen molar-refractivity contribution in [1.82, 2.24) is 9.97 Å². The van der Waals surface area contributed by atoms with Crippen molar-refractivity contribution >= 4 is 11.6 Å². The number of halogens is 2. The highest BCUT2D eigenvalue weighted by atomic mass is 35.5. The first-order valence-corrected chi connectivity index (χ1v) is 8.99. The maximum atomic E-state index is 13.6. The molecule has 3 rings (SSSR count). The van der Waals surface area contributed by atoms with Crippen molar-refractivity contribution < 1.29 is 4.39 Å². The van der Waals surface area contributed by atoms with Crippen LogP contribution in [0.15, 0.2) is 42.7 Å². The number of nitrogens with zero attached hydrogens (tertiary/aromatic N) is 2. The quantitative estimate of drug-likeness (QED) is 0.619. The summed E-state index contributed by atoms with van der Waals surface area (Å²) in [5.41, 5.74) is 1.84. The van der Waals surface area contributed by atoms with Crippen LogP contribution >= 0.6 is 11.6 Å². The van der Waals surface area contributed by atoms with Crippen LogP contribution in [0.3, 0.4) is 0 Å². The van der Waals surface area contributed by atoms with Crippen molar-refractivity contribution in [3.05, 3.63) is 59.1 Å². The van der Waals surface area contributed by atoms with Gasteiger partial charge in [-0.15, -0.1) is 0 Å². The van der Waals surface area contributed by atoms with E-state index in [0.29, 0.717) is 17.3 Å². The van der Waals surface area contributed by atoms with E-state index in [4.69, 9.17) is 11.6 Å². The summed E-state index contributed by atoms with van der Waals surface area (Å²) in [5.74, 6) is 1.35. The summed E-state index contributed by atoms with van der Waals surface area (Å²) in [5, 5.41) is 0.115. The Morgan fingerprint density at radius 1 is 1.17 bits per heavy atom. The van der Waals surface area contributed by atoms with Gasteiger partial charge in [0.05, 0.1) is 5.02 Å². The molecule has 2 aromatic rings. The molecule has 0 radical (unpaired) electrons. The second-order valence-electron chi connectivity index (χ2n) is 6.42. The Hall–Kier alpha value is -1.74. The van der Waals surface area contributed by atoms with Crippen LogP contribution in [0.5, 0.6) is 0 Å². The fraction of sp³-hybridized carbons (Fsp3) is 0.400. The van der Waals surface area contributed by atoms with Gasteiger partial charge in [-0.2, -0.15) is 0 Å². The lowest BCUT2D eigenvalue weighted by Gasteiger charge is -2.26. The van der Waals surface area contributed by atoms with Gasteiger partial charge >= 0.3 is 0 Å². The Morgan fingerprint density at radius 2 is 1.88 bits per heavy atom. The van der Waals surface area contributed by atoms with Crippen LogP contribution in [0.25, 0.3) is 11.4 Å². The summed E-state index contributed by atoms with van der Waals surface area (Å²) in [4.78, 5) is 8.86. The molecule has 0 saturated heterocycles. The lowest BCUT2D eigenvalue weighted by molar-refractivity contribution is 0.374. The highest BCUT2D eigenvalue weighted by Gasteiger charge is 2.21. The molecule has 0 N–H and O–H groups in total. The summed E-state index contributed by atoms with van der Waals surface area (Å²) in [6, 6.07) is 4.66. The Morgan fingerprint density at radius 3 is 2.50 bits per heavy atom. The molecule has 0 amide bonds. The lowest BCUT2D eigenvalue weighted by Crippen LogP contribution is -2.12. The molecular formula is C20H22ClFN2. The number of hydrogen-bond donors (Lipinski definition) is 0. The maximum Gasteiger partial charge on any atom is 0.159 e. The highest BCUT2D eigenvalue weighted by Crippen LogP contribution is 2.36. The Balaban J connectivity index is 1.67. The Kier molecular flexibility index (Phi) is 5.62. The van der Waals surface area contributed by atoms with Crippen molar-refractivity contribution in [2.45, 2.75) is 44.9 Å². The summed E-state index contributed by atoms with van der Waals surface area (Å²) < 4.78 is 13.6. The molecule has 0 atom stereocenters. The van der Waals surface area contributed by atoms with Crippen molar-refractivity contribution in [3.63, 3.8) is 0 Å². The van der Waals surface area contributed by atoms with Crippen LogP contribution in [-0.2, 0) is 0 Å². The molecule has 1 aliphatic rings. The zero-order valence-electron chi connectivity index (χ0n) is 13.9. The molecule has 0 spiro atoms. The van der Waals surface area contributed by atoms with Gasteiger partial charge in [0.15, 0.2) is 5.82 Å². The molecule has 1 aromatic heterocycles. The molecule has 1 saturated carbocycles. The molecule has 4 heteroatoms. The Labute approximate surface area is 147 Å². The second kappa shape index (κ2) is 7.89. The van der Waals surface area contributed by atoms with Crippen molar-refractivity contribution in [3.8, 4) is 11.4 Å². The van der Waals surface area contributed by atoms with E-state index >= 15 is 0 Å².